The van der Waals surface area contributed by atoms with Crippen molar-refractivity contribution < 1.29 is 28.1 Å². The summed E-state index contributed by atoms with van der Waals surface area (Å²) in [5.41, 5.74) is -4.62. The molecule has 0 amide bonds. The SMILES string of the molecule is COc1ccc2c(c1)C(O)(CNc1cccc3nc(C)ccc13)C(O)(C(F)(F)F)CC2(C)C. The number of aromatic nitrogens is 1. The number of pyridine rings is 1. The predicted molar refractivity (Wildman–Crippen MR) is 121 cm³/mol. The Morgan fingerprint density at radius 2 is 1.79 bits per heavy atom. The van der Waals surface area contributed by atoms with Crippen molar-refractivity contribution in [1.29, 1.82) is 0 Å². The zero-order chi connectivity index (χ0) is 24.2. The van der Waals surface area contributed by atoms with Gasteiger partial charge in [0.1, 0.15) is 11.4 Å². The zero-order valence-corrected chi connectivity index (χ0v) is 18.9. The summed E-state index contributed by atoms with van der Waals surface area (Å²) in [4.78, 5) is 4.45. The first kappa shape index (κ1) is 23.3. The Balaban J connectivity index is 1.87. The second-order valence-corrected chi connectivity index (χ2v) is 9.37. The summed E-state index contributed by atoms with van der Waals surface area (Å²) in [6.45, 7) is 4.52. The zero-order valence-electron chi connectivity index (χ0n) is 18.9. The van der Waals surface area contributed by atoms with Gasteiger partial charge in [0, 0.05) is 16.8 Å². The van der Waals surface area contributed by atoms with Crippen molar-refractivity contribution in [2.24, 2.45) is 0 Å². The topological polar surface area (TPSA) is 74.6 Å². The molecule has 5 nitrogen and oxygen atoms in total. The lowest BCUT2D eigenvalue weighted by Crippen LogP contribution is -2.68. The maximum atomic E-state index is 14.4. The van der Waals surface area contributed by atoms with E-state index in [9.17, 15) is 23.4 Å². The van der Waals surface area contributed by atoms with Crippen LogP contribution in [0.1, 0.15) is 37.1 Å². The van der Waals surface area contributed by atoms with Gasteiger partial charge in [-0.05, 0) is 66.3 Å². The van der Waals surface area contributed by atoms with Crippen molar-refractivity contribution in [2.45, 2.75) is 50.0 Å². The molecule has 0 radical (unpaired) electrons. The highest BCUT2D eigenvalue weighted by molar-refractivity contribution is 5.91. The van der Waals surface area contributed by atoms with Gasteiger partial charge in [0.25, 0.3) is 0 Å². The number of fused-ring (bicyclic) bond motifs is 2. The lowest BCUT2D eigenvalue weighted by atomic mass is 9.58. The molecule has 2 atom stereocenters. The van der Waals surface area contributed by atoms with Gasteiger partial charge >= 0.3 is 6.18 Å². The molecule has 3 N–H and O–H groups in total. The van der Waals surface area contributed by atoms with Gasteiger partial charge in [-0.1, -0.05) is 26.0 Å². The lowest BCUT2D eigenvalue weighted by Gasteiger charge is -2.53. The molecular weight excluding hydrogens is 433 g/mol. The Hall–Kier alpha value is -2.84. The van der Waals surface area contributed by atoms with Gasteiger partial charge in [0.15, 0.2) is 5.60 Å². The number of benzene rings is 2. The maximum absolute atomic E-state index is 14.4. The van der Waals surface area contributed by atoms with E-state index in [0.29, 0.717) is 27.9 Å². The number of nitrogens with one attached hydrogen (secondary N) is 1. The number of aliphatic hydroxyl groups is 2. The average Bonchev–Trinajstić information content (AvgIpc) is 2.74. The third-order valence-electron chi connectivity index (χ3n) is 6.66. The lowest BCUT2D eigenvalue weighted by molar-refractivity contribution is -0.330. The summed E-state index contributed by atoms with van der Waals surface area (Å²) in [5.74, 6) is 0.291. The van der Waals surface area contributed by atoms with Gasteiger partial charge in [-0.25, -0.2) is 0 Å². The molecule has 0 bridgehead atoms. The highest BCUT2D eigenvalue weighted by Crippen LogP contribution is 2.56. The van der Waals surface area contributed by atoms with Crippen LogP contribution in [0.4, 0.5) is 18.9 Å². The Morgan fingerprint density at radius 3 is 2.45 bits per heavy atom. The third-order valence-corrected chi connectivity index (χ3v) is 6.66. The number of nitrogens with zero attached hydrogens (tertiary/aromatic N) is 1. The van der Waals surface area contributed by atoms with E-state index in [1.54, 1.807) is 50.2 Å². The van der Waals surface area contributed by atoms with Crippen molar-refractivity contribution in [1.82, 2.24) is 4.98 Å². The Morgan fingerprint density at radius 1 is 1.06 bits per heavy atom. The summed E-state index contributed by atoms with van der Waals surface area (Å²) in [7, 11) is 1.40. The molecule has 33 heavy (non-hydrogen) atoms. The Labute approximate surface area is 190 Å². The number of anilines is 1. The standard InChI is InChI=1S/C25H27F3N2O3/c1-15-8-10-17-20(6-5-7-21(17)30-15)29-14-23(31)19-12-16(33-4)9-11-18(19)22(2,3)13-24(23,32)25(26,27)28/h5-12,29,31-32H,13-14H2,1-4H3. The molecule has 0 aliphatic heterocycles. The van der Waals surface area contributed by atoms with Gasteiger partial charge in [0.2, 0.25) is 0 Å². The minimum Gasteiger partial charge on any atom is -0.497 e. The molecular formula is C25H27F3N2O3. The number of halogens is 3. The summed E-state index contributed by atoms with van der Waals surface area (Å²) in [6.07, 6.45) is -5.78. The van der Waals surface area contributed by atoms with E-state index >= 15 is 0 Å². The van der Waals surface area contributed by atoms with E-state index in [2.05, 4.69) is 10.3 Å². The molecule has 3 aromatic rings. The van der Waals surface area contributed by atoms with Crippen LogP contribution in [0.15, 0.2) is 48.5 Å². The van der Waals surface area contributed by atoms with Crippen molar-refractivity contribution in [3.05, 3.63) is 65.4 Å². The van der Waals surface area contributed by atoms with Crippen LogP contribution in [0.3, 0.4) is 0 Å². The molecule has 1 aliphatic carbocycles. The van der Waals surface area contributed by atoms with Gasteiger partial charge in [-0.2, -0.15) is 13.2 Å². The first-order valence-electron chi connectivity index (χ1n) is 10.6. The molecule has 8 heteroatoms. The van der Waals surface area contributed by atoms with Gasteiger partial charge in [-0.3, -0.25) is 4.98 Å². The number of alkyl halides is 3. The molecule has 0 spiro atoms. The largest absolute Gasteiger partial charge is 0.497 e. The van der Waals surface area contributed by atoms with Gasteiger partial charge in [0.05, 0.1) is 19.2 Å². The fourth-order valence-electron chi connectivity index (χ4n) is 4.90. The molecule has 0 saturated carbocycles. The number of rotatable bonds is 4. The number of hydrogen-bond donors (Lipinski definition) is 3. The monoisotopic (exact) mass is 460 g/mol. The van der Waals surface area contributed by atoms with Crippen molar-refractivity contribution in [2.75, 3.05) is 19.0 Å². The second kappa shape index (κ2) is 7.60. The van der Waals surface area contributed by atoms with Crippen LogP contribution in [0.2, 0.25) is 0 Å². The Bertz CT molecular complexity index is 1210. The maximum Gasteiger partial charge on any atom is 0.420 e. The van der Waals surface area contributed by atoms with Crippen LogP contribution in [0, 0.1) is 6.92 Å². The fourth-order valence-corrected chi connectivity index (χ4v) is 4.90. The highest BCUT2D eigenvalue weighted by Gasteiger charge is 2.70. The first-order chi connectivity index (χ1) is 15.3. The quantitative estimate of drug-likeness (QED) is 0.520. The smallest absolute Gasteiger partial charge is 0.420 e. The van der Waals surface area contributed by atoms with Crippen LogP contribution in [-0.2, 0) is 11.0 Å². The summed E-state index contributed by atoms with van der Waals surface area (Å²) >= 11 is 0. The molecule has 2 aromatic carbocycles. The second-order valence-electron chi connectivity index (χ2n) is 9.37. The third kappa shape index (κ3) is 3.61. The number of ether oxygens (including phenoxy) is 1. The van der Waals surface area contributed by atoms with Crippen LogP contribution in [-0.4, -0.2) is 40.6 Å². The van der Waals surface area contributed by atoms with Gasteiger partial charge in [-0.15, -0.1) is 0 Å². The van der Waals surface area contributed by atoms with E-state index < -0.39 is 35.8 Å². The molecule has 176 valence electrons. The minimum atomic E-state index is -5.08. The highest BCUT2D eigenvalue weighted by atomic mass is 19.4. The van der Waals surface area contributed by atoms with Crippen molar-refractivity contribution in [3.8, 4) is 5.75 Å². The molecule has 4 rings (SSSR count). The van der Waals surface area contributed by atoms with E-state index in [1.807, 2.05) is 13.0 Å². The number of aryl methyl sites for hydroxylation is 1. The van der Waals surface area contributed by atoms with E-state index in [-0.39, 0.29) is 5.56 Å². The summed E-state index contributed by atoms with van der Waals surface area (Å²) < 4.78 is 48.4. The van der Waals surface area contributed by atoms with Crippen LogP contribution >= 0.6 is 0 Å². The molecule has 0 saturated heterocycles. The minimum absolute atomic E-state index is 0.0142. The molecule has 1 heterocycles. The predicted octanol–water partition coefficient (Wildman–Crippen LogP) is 4.83. The first-order valence-corrected chi connectivity index (χ1v) is 10.6. The average molecular weight is 460 g/mol. The van der Waals surface area contributed by atoms with E-state index in [1.165, 1.54) is 13.2 Å². The molecule has 0 fully saturated rings. The van der Waals surface area contributed by atoms with Crippen molar-refractivity contribution >= 4 is 16.6 Å². The number of methoxy groups -OCH3 is 1. The van der Waals surface area contributed by atoms with Gasteiger partial charge < -0.3 is 20.3 Å². The molecule has 2 unspecified atom stereocenters. The number of hydrogen-bond acceptors (Lipinski definition) is 5. The van der Waals surface area contributed by atoms with E-state index in [4.69, 9.17) is 4.74 Å². The summed E-state index contributed by atoms with van der Waals surface area (Å²) in [6, 6.07) is 13.5. The molecule has 1 aliphatic rings. The van der Waals surface area contributed by atoms with E-state index in [0.717, 1.165) is 5.69 Å². The fraction of sp³-hybridized carbons (Fsp3) is 0.400. The summed E-state index contributed by atoms with van der Waals surface area (Å²) in [5, 5.41) is 26.5. The molecule has 1 aromatic heterocycles. The Kier molecular flexibility index (Phi) is 5.37. The van der Waals surface area contributed by atoms with Crippen molar-refractivity contribution in [3.63, 3.8) is 0 Å². The normalized spacial score (nSPS) is 24.4. The van der Waals surface area contributed by atoms with Crippen LogP contribution < -0.4 is 10.1 Å². The van der Waals surface area contributed by atoms with Crippen LogP contribution in [0.25, 0.3) is 10.9 Å². The van der Waals surface area contributed by atoms with Crippen LogP contribution in [0.5, 0.6) is 5.75 Å².